The summed E-state index contributed by atoms with van der Waals surface area (Å²) in [6.45, 7) is 2.12. The van der Waals surface area contributed by atoms with Crippen LogP contribution in [0.1, 0.15) is 32.9 Å². The number of nitrogens with one attached hydrogen (secondary N) is 1. The van der Waals surface area contributed by atoms with Crippen molar-refractivity contribution in [3.63, 3.8) is 0 Å². The third kappa shape index (κ3) is 4.66. The highest BCUT2D eigenvalue weighted by Gasteiger charge is 2.11. The third-order valence-corrected chi connectivity index (χ3v) is 4.05. The maximum Gasteiger partial charge on any atom is 0.335 e. The van der Waals surface area contributed by atoms with Gasteiger partial charge in [-0.15, -0.1) is 0 Å². The number of aryl methyl sites for hydroxylation is 1. The highest BCUT2D eigenvalue weighted by atomic mass is 16.5. The van der Waals surface area contributed by atoms with Gasteiger partial charge in [-0.05, 0) is 37.3 Å². The second kappa shape index (κ2) is 8.82. The number of benzene rings is 1. The number of carboxylic acids is 1. The van der Waals surface area contributed by atoms with Crippen LogP contribution in [-0.4, -0.2) is 29.4 Å². The number of ether oxygens (including phenoxy) is 1. The van der Waals surface area contributed by atoms with Crippen LogP contribution in [0, 0.1) is 18.3 Å². The van der Waals surface area contributed by atoms with Crippen molar-refractivity contribution in [2.75, 3.05) is 12.5 Å². The number of carbonyl (C=O) groups is 1. The van der Waals surface area contributed by atoms with E-state index in [4.69, 9.17) is 14.3 Å². The highest BCUT2D eigenvalue weighted by Crippen LogP contribution is 2.22. The summed E-state index contributed by atoms with van der Waals surface area (Å²) >= 11 is 0. The van der Waals surface area contributed by atoms with E-state index in [1.54, 1.807) is 37.4 Å². The van der Waals surface area contributed by atoms with Crippen molar-refractivity contribution < 1.29 is 19.1 Å². The number of methoxy groups -OCH3 is 1. The number of nitrogens with zero attached hydrogens (tertiary/aromatic N) is 3. The monoisotopic (exact) mass is 390 g/mol. The molecular weight excluding hydrogens is 372 g/mol. The lowest BCUT2D eigenvalue weighted by molar-refractivity contribution is 0.0697. The Morgan fingerprint density at radius 2 is 2.10 bits per heavy atom. The van der Waals surface area contributed by atoms with Crippen LogP contribution in [0.2, 0.25) is 0 Å². The molecule has 2 aromatic heterocycles. The standard InChI is InChI=1S/C21H18N4O4/c1-13-9-16(12-28-2)18(10-22)20(24-13)25-23-11-17-7-8-19(29-17)14-3-5-15(6-4-14)21(26)27/h3-9,11H,12H2,1-2H3,(H,24,25)(H,26,27)/b23-11-. The fourth-order valence-corrected chi connectivity index (χ4v) is 2.73. The molecule has 2 heterocycles. The molecule has 0 aliphatic rings. The van der Waals surface area contributed by atoms with E-state index in [2.05, 4.69) is 21.6 Å². The van der Waals surface area contributed by atoms with E-state index >= 15 is 0 Å². The van der Waals surface area contributed by atoms with Gasteiger partial charge in [-0.3, -0.25) is 5.43 Å². The molecule has 3 aromatic rings. The SMILES string of the molecule is COCc1cc(C)nc(N/N=C\c2ccc(-c3ccc(C(=O)O)cc3)o2)c1C#N. The second-order valence-electron chi connectivity index (χ2n) is 6.15. The number of hydrogen-bond donors (Lipinski definition) is 2. The normalized spacial score (nSPS) is 10.8. The summed E-state index contributed by atoms with van der Waals surface area (Å²) in [7, 11) is 1.56. The summed E-state index contributed by atoms with van der Waals surface area (Å²) in [5.74, 6) is 0.423. The first-order chi connectivity index (χ1) is 14.0. The van der Waals surface area contributed by atoms with Crippen molar-refractivity contribution in [3.8, 4) is 17.4 Å². The van der Waals surface area contributed by atoms with Crippen LogP contribution in [0.15, 0.2) is 52.0 Å². The summed E-state index contributed by atoms with van der Waals surface area (Å²) in [6.07, 6.45) is 1.47. The van der Waals surface area contributed by atoms with Crippen LogP contribution >= 0.6 is 0 Å². The summed E-state index contributed by atoms with van der Waals surface area (Å²) in [6, 6.07) is 13.8. The predicted octanol–water partition coefficient (Wildman–Crippen LogP) is 3.81. The first-order valence-electron chi connectivity index (χ1n) is 8.64. The number of aromatic carboxylic acids is 1. The van der Waals surface area contributed by atoms with Crippen LogP contribution in [0.5, 0.6) is 0 Å². The number of hydrazone groups is 1. The van der Waals surface area contributed by atoms with E-state index in [-0.39, 0.29) is 5.56 Å². The molecule has 0 unspecified atom stereocenters. The highest BCUT2D eigenvalue weighted by molar-refractivity contribution is 5.88. The predicted molar refractivity (Wildman–Crippen MR) is 107 cm³/mol. The number of furan rings is 1. The lowest BCUT2D eigenvalue weighted by Gasteiger charge is -2.08. The van der Waals surface area contributed by atoms with Crippen LogP contribution < -0.4 is 5.43 Å². The second-order valence-corrected chi connectivity index (χ2v) is 6.15. The number of hydrogen-bond acceptors (Lipinski definition) is 7. The van der Waals surface area contributed by atoms with Gasteiger partial charge in [0.25, 0.3) is 0 Å². The molecule has 0 bridgehead atoms. The Bertz CT molecular complexity index is 1090. The zero-order valence-corrected chi connectivity index (χ0v) is 15.8. The Morgan fingerprint density at radius 1 is 1.34 bits per heavy atom. The lowest BCUT2D eigenvalue weighted by atomic mass is 10.1. The van der Waals surface area contributed by atoms with E-state index in [1.165, 1.54) is 18.3 Å². The quantitative estimate of drug-likeness (QED) is 0.465. The summed E-state index contributed by atoms with van der Waals surface area (Å²) in [5.41, 5.74) is 5.56. The molecule has 146 valence electrons. The minimum Gasteiger partial charge on any atom is -0.478 e. The smallest absolute Gasteiger partial charge is 0.335 e. The number of carboxylic acid groups (broad SMARTS) is 1. The third-order valence-electron chi connectivity index (χ3n) is 4.05. The van der Waals surface area contributed by atoms with Gasteiger partial charge < -0.3 is 14.3 Å². The van der Waals surface area contributed by atoms with E-state index in [1.807, 2.05) is 6.92 Å². The first-order valence-corrected chi connectivity index (χ1v) is 8.64. The summed E-state index contributed by atoms with van der Waals surface area (Å²) in [5, 5.41) is 22.5. The zero-order chi connectivity index (χ0) is 20.8. The summed E-state index contributed by atoms with van der Waals surface area (Å²) in [4.78, 5) is 15.2. The minimum atomic E-state index is -0.981. The van der Waals surface area contributed by atoms with E-state index in [9.17, 15) is 10.1 Å². The van der Waals surface area contributed by atoms with Crippen molar-refractivity contribution in [1.29, 1.82) is 5.26 Å². The minimum absolute atomic E-state index is 0.207. The lowest BCUT2D eigenvalue weighted by Crippen LogP contribution is -2.03. The van der Waals surface area contributed by atoms with Gasteiger partial charge >= 0.3 is 5.97 Å². The van der Waals surface area contributed by atoms with Crippen LogP contribution in [-0.2, 0) is 11.3 Å². The van der Waals surface area contributed by atoms with Gasteiger partial charge in [-0.1, -0.05) is 12.1 Å². The van der Waals surface area contributed by atoms with E-state index in [0.29, 0.717) is 29.5 Å². The molecule has 8 nitrogen and oxygen atoms in total. The fraction of sp³-hybridized carbons (Fsp3) is 0.143. The van der Waals surface area contributed by atoms with E-state index in [0.717, 1.165) is 16.8 Å². The molecule has 0 aliphatic heterocycles. The molecule has 3 rings (SSSR count). The van der Waals surface area contributed by atoms with Crippen molar-refractivity contribution in [1.82, 2.24) is 4.98 Å². The Labute approximate surface area is 167 Å². The maximum atomic E-state index is 10.9. The molecule has 2 N–H and O–H groups in total. The molecule has 1 aromatic carbocycles. The molecule has 0 fully saturated rings. The number of nitriles is 1. The average molecular weight is 390 g/mol. The molecule has 0 atom stereocenters. The van der Waals surface area contributed by atoms with E-state index < -0.39 is 5.97 Å². The van der Waals surface area contributed by atoms with Gasteiger partial charge in [0.1, 0.15) is 23.2 Å². The van der Waals surface area contributed by atoms with Crippen LogP contribution in [0.4, 0.5) is 5.82 Å². The van der Waals surface area contributed by atoms with Gasteiger partial charge in [0.05, 0.1) is 18.4 Å². The Kier molecular flexibility index (Phi) is 6.02. The topological polar surface area (TPSA) is 121 Å². The number of anilines is 1. The number of pyridine rings is 1. The largest absolute Gasteiger partial charge is 0.478 e. The Morgan fingerprint density at radius 3 is 2.76 bits per heavy atom. The molecular formula is C21H18N4O4. The molecule has 0 amide bonds. The molecule has 0 spiro atoms. The Balaban J connectivity index is 1.75. The molecule has 8 heteroatoms. The first kappa shape index (κ1) is 19.8. The molecule has 0 saturated heterocycles. The van der Waals surface area contributed by atoms with Crippen molar-refractivity contribution in [2.24, 2.45) is 5.10 Å². The zero-order valence-electron chi connectivity index (χ0n) is 15.8. The van der Waals surface area contributed by atoms with Crippen molar-refractivity contribution in [3.05, 3.63) is 70.6 Å². The van der Waals surface area contributed by atoms with Crippen molar-refractivity contribution in [2.45, 2.75) is 13.5 Å². The van der Waals surface area contributed by atoms with Gasteiger partial charge in [0.15, 0.2) is 5.82 Å². The summed E-state index contributed by atoms with van der Waals surface area (Å²) < 4.78 is 10.8. The fourth-order valence-electron chi connectivity index (χ4n) is 2.73. The number of rotatable bonds is 7. The maximum absolute atomic E-state index is 10.9. The van der Waals surface area contributed by atoms with Gasteiger partial charge in [0.2, 0.25) is 0 Å². The molecule has 0 saturated carbocycles. The van der Waals surface area contributed by atoms with Crippen LogP contribution in [0.25, 0.3) is 11.3 Å². The van der Waals surface area contributed by atoms with Gasteiger partial charge in [0, 0.05) is 23.9 Å². The van der Waals surface area contributed by atoms with Crippen molar-refractivity contribution >= 4 is 18.0 Å². The Hall–Kier alpha value is -3.96. The average Bonchev–Trinajstić information content (AvgIpc) is 3.17. The molecule has 29 heavy (non-hydrogen) atoms. The van der Waals surface area contributed by atoms with Gasteiger partial charge in [-0.25, -0.2) is 9.78 Å². The molecule has 0 radical (unpaired) electrons. The number of aromatic nitrogens is 1. The molecule has 0 aliphatic carbocycles. The van der Waals surface area contributed by atoms with Gasteiger partial charge in [-0.2, -0.15) is 10.4 Å². The van der Waals surface area contributed by atoms with Crippen LogP contribution in [0.3, 0.4) is 0 Å².